The number of hydrogen-bond acceptors (Lipinski definition) is 3. The highest BCUT2D eigenvalue weighted by atomic mass is 127. The van der Waals surface area contributed by atoms with Crippen LogP contribution in [0.5, 0.6) is 0 Å². The molecule has 0 atom stereocenters. The summed E-state index contributed by atoms with van der Waals surface area (Å²) in [6.07, 6.45) is 3.28. The van der Waals surface area contributed by atoms with E-state index in [1.165, 1.54) is 11.1 Å². The smallest absolute Gasteiger partial charge is 0.191 e. The van der Waals surface area contributed by atoms with Gasteiger partial charge in [-0.2, -0.15) is 5.10 Å². The molecule has 0 radical (unpaired) electrons. The molecule has 0 aliphatic carbocycles. The van der Waals surface area contributed by atoms with Crippen molar-refractivity contribution >= 4 is 29.9 Å². The van der Waals surface area contributed by atoms with Crippen LogP contribution in [-0.4, -0.2) is 33.8 Å². The first-order valence-electron chi connectivity index (χ1n) is 8.09. The summed E-state index contributed by atoms with van der Waals surface area (Å²) in [5.74, 6) is 1.45. The first-order chi connectivity index (χ1) is 11.2. The van der Waals surface area contributed by atoms with E-state index in [-0.39, 0.29) is 24.0 Å². The van der Waals surface area contributed by atoms with E-state index < -0.39 is 0 Å². The van der Waals surface area contributed by atoms with Crippen molar-refractivity contribution in [3.8, 4) is 0 Å². The molecule has 0 saturated carbocycles. The number of nitrogens with one attached hydrogen (secondary N) is 2. The lowest BCUT2D eigenvalue weighted by Crippen LogP contribution is -2.39. The van der Waals surface area contributed by atoms with Crippen molar-refractivity contribution in [1.29, 1.82) is 0 Å². The Labute approximate surface area is 161 Å². The number of hydrogen-bond donors (Lipinski definition) is 2. The molecule has 6 nitrogen and oxygen atoms in total. The molecule has 2 aromatic rings. The molecule has 1 aromatic carbocycles. The molecule has 0 fully saturated rings. The predicted molar refractivity (Wildman–Crippen MR) is 109 cm³/mol. The van der Waals surface area contributed by atoms with Gasteiger partial charge in [-0.3, -0.25) is 0 Å². The van der Waals surface area contributed by atoms with Crippen LogP contribution in [0.2, 0.25) is 0 Å². The van der Waals surface area contributed by atoms with Crippen LogP contribution in [0.15, 0.2) is 41.9 Å². The fraction of sp³-hybridized carbons (Fsp3) is 0.471. The van der Waals surface area contributed by atoms with Crippen LogP contribution in [-0.2, 0) is 13.1 Å². The number of nitrogens with zero attached hydrogens (tertiary/aromatic N) is 4. The van der Waals surface area contributed by atoms with E-state index in [2.05, 4.69) is 70.7 Å². The fourth-order valence-corrected chi connectivity index (χ4v) is 2.14. The number of guanidine groups is 1. The summed E-state index contributed by atoms with van der Waals surface area (Å²) in [5, 5.41) is 10.8. The molecule has 0 bridgehead atoms. The largest absolute Gasteiger partial charge is 0.357 e. The van der Waals surface area contributed by atoms with Gasteiger partial charge in [-0.1, -0.05) is 38.1 Å². The van der Waals surface area contributed by atoms with Gasteiger partial charge in [0.25, 0.3) is 0 Å². The van der Waals surface area contributed by atoms with Gasteiger partial charge in [0.1, 0.15) is 12.7 Å². The summed E-state index contributed by atoms with van der Waals surface area (Å²) in [7, 11) is 0. The van der Waals surface area contributed by atoms with Crippen LogP contribution >= 0.6 is 24.0 Å². The van der Waals surface area contributed by atoms with Gasteiger partial charge in [0.2, 0.25) is 0 Å². The van der Waals surface area contributed by atoms with Gasteiger partial charge in [0.15, 0.2) is 5.96 Å². The summed E-state index contributed by atoms with van der Waals surface area (Å²) >= 11 is 0. The van der Waals surface area contributed by atoms with Crippen LogP contribution in [0.3, 0.4) is 0 Å². The maximum atomic E-state index is 4.65. The number of benzene rings is 1. The molecule has 0 aliphatic heterocycles. The van der Waals surface area contributed by atoms with Crippen molar-refractivity contribution in [2.75, 3.05) is 13.1 Å². The number of aromatic nitrogens is 3. The molecule has 132 valence electrons. The van der Waals surface area contributed by atoms with Gasteiger partial charge < -0.3 is 10.6 Å². The Morgan fingerprint density at radius 3 is 2.71 bits per heavy atom. The lowest BCUT2D eigenvalue weighted by atomic mass is 10.1. The predicted octanol–water partition coefficient (Wildman–Crippen LogP) is 2.66. The van der Waals surface area contributed by atoms with Crippen molar-refractivity contribution in [2.24, 2.45) is 10.9 Å². The van der Waals surface area contributed by atoms with E-state index in [1.807, 2.05) is 4.68 Å². The lowest BCUT2D eigenvalue weighted by molar-refractivity contribution is 0.615. The third-order valence-corrected chi connectivity index (χ3v) is 3.24. The highest BCUT2D eigenvalue weighted by Gasteiger charge is 2.01. The average Bonchev–Trinajstić information content (AvgIpc) is 3.03. The molecule has 0 amide bonds. The second kappa shape index (κ2) is 11.0. The van der Waals surface area contributed by atoms with Crippen molar-refractivity contribution in [3.63, 3.8) is 0 Å². The minimum absolute atomic E-state index is 0. The Kier molecular flexibility index (Phi) is 9.36. The average molecular weight is 442 g/mol. The quantitative estimate of drug-likeness (QED) is 0.393. The molecule has 0 aliphatic rings. The Morgan fingerprint density at radius 2 is 2.04 bits per heavy atom. The van der Waals surface area contributed by atoms with Crippen LogP contribution < -0.4 is 10.6 Å². The zero-order chi connectivity index (χ0) is 16.5. The summed E-state index contributed by atoms with van der Waals surface area (Å²) in [6.45, 7) is 9.59. The fourth-order valence-electron chi connectivity index (χ4n) is 2.14. The van der Waals surface area contributed by atoms with Gasteiger partial charge in [0, 0.05) is 13.1 Å². The van der Waals surface area contributed by atoms with Crippen molar-refractivity contribution in [1.82, 2.24) is 25.4 Å². The van der Waals surface area contributed by atoms with Gasteiger partial charge in [-0.15, -0.1) is 24.0 Å². The summed E-state index contributed by atoms with van der Waals surface area (Å²) < 4.78 is 1.82. The maximum Gasteiger partial charge on any atom is 0.191 e. The topological polar surface area (TPSA) is 67.1 Å². The van der Waals surface area contributed by atoms with Gasteiger partial charge in [-0.25, -0.2) is 14.7 Å². The number of aliphatic imine (C=N–C) groups is 1. The third kappa shape index (κ3) is 7.29. The Bertz CT molecular complexity index is 609. The summed E-state index contributed by atoms with van der Waals surface area (Å²) in [4.78, 5) is 8.62. The molecule has 0 saturated heterocycles. The van der Waals surface area contributed by atoms with Crippen LogP contribution in [0.4, 0.5) is 0 Å². The van der Waals surface area contributed by atoms with Gasteiger partial charge >= 0.3 is 0 Å². The van der Waals surface area contributed by atoms with Crippen molar-refractivity contribution < 1.29 is 0 Å². The Balaban J connectivity index is 0.00000288. The highest BCUT2D eigenvalue weighted by Crippen LogP contribution is 2.08. The SMILES string of the molecule is CCNC(=NCc1cccc(Cn2cncn2)c1)NCC(C)C.I. The Hall–Kier alpha value is -1.64. The van der Waals surface area contributed by atoms with Crippen LogP contribution in [0.1, 0.15) is 31.9 Å². The highest BCUT2D eigenvalue weighted by molar-refractivity contribution is 14.0. The maximum absolute atomic E-state index is 4.65. The molecule has 7 heteroatoms. The minimum atomic E-state index is 0. The van der Waals surface area contributed by atoms with Gasteiger partial charge in [-0.05, 0) is 24.0 Å². The zero-order valence-corrected chi connectivity index (χ0v) is 16.9. The van der Waals surface area contributed by atoms with E-state index in [0.29, 0.717) is 12.5 Å². The third-order valence-electron chi connectivity index (χ3n) is 3.24. The standard InChI is InChI=1S/C17H26N6.HI/c1-4-19-17(20-9-14(2)3)21-10-15-6-5-7-16(8-15)11-23-13-18-12-22-23;/h5-8,12-14H,4,9-11H2,1-3H3,(H2,19,20,21);1H. The van der Waals surface area contributed by atoms with Crippen molar-refractivity contribution in [2.45, 2.75) is 33.9 Å². The van der Waals surface area contributed by atoms with Gasteiger partial charge in [0.05, 0.1) is 13.1 Å². The molecule has 2 N–H and O–H groups in total. The molecular formula is C17H27IN6. The summed E-state index contributed by atoms with van der Waals surface area (Å²) in [5.41, 5.74) is 2.38. The second-order valence-electron chi connectivity index (χ2n) is 5.88. The van der Waals surface area contributed by atoms with Crippen LogP contribution in [0, 0.1) is 5.92 Å². The molecule has 0 unspecified atom stereocenters. The minimum Gasteiger partial charge on any atom is -0.357 e. The van der Waals surface area contributed by atoms with E-state index in [4.69, 9.17) is 0 Å². The Morgan fingerprint density at radius 1 is 1.25 bits per heavy atom. The lowest BCUT2D eigenvalue weighted by Gasteiger charge is -2.13. The molecule has 1 aromatic heterocycles. The zero-order valence-electron chi connectivity index (χ0n) is 14.6. The molecule has 2 rings (SSSR count). The van der Waals surface area contributed by atoms with E-state index >= 15 is 0 Å². The van der Waals surface area contributed by atoms with Crippen LogP contribution in [0.25, 0.3) is 0 Å². The second-order valence-corrected chi connectivity index (χ2v) is 5.88. The monoisotopic (exact) mass is 442 g/mol. The molecule has 1 heterocycles. The summed E-state index contributed by atoms with van der Waals surface area (Å²) in [6, 6.07) is 8.42. The number of rotatable bonds is 7. The van der Waals surface area contributed by atoms with Crippen molar-refractivity contribution in [3.05, 3.63) is 48.0 Å². The number of halogens is 1. The molecular weight excluding hydrogens is 415 g/mol. The molecule has 0 spiro atoms. The first-order valence-corrected chi connectivity index (χ1v) is 8.09. The van der Waals surface area contributed by atoms with E-state index in [1.54, 1.807) is 12.7 Å². The first kappa shape index (κ1) is 20.4. The van der Waals surface area contributed by atoms with E-state index in [9.17, 15) is 0 Å². The molecule has 24 heavy (non-hydrogen) atoms. The normalized spacial score (nSPS) is 11.2. The van der Waals surface area contributed by atoms with E-state index in [0.717, 1.165) is 25.6 Å².